The zero-order valence-electron chi connectivity index (χ0n) is 8.21. The van der Waals surface area contributed by atoms with Crippen LogP contribution in [-0.2, 0) is 0 Å². The van der Waals surface area contributed by atoms with Gasteiger partial charge in [-0.1, -0.05) is 12.1 Å². The molecule has 0 N–H and O–H groups in total. The predicted molar refractivity (Wildman–Crippen MR) is 53.7 cm³/mol. The molecule has 2 heteroatoms. The van der Waals surface area contributed by atoms with Crippen LogP contribution in [0.15, 0.2) is 30.5 Å². The van der Waals surface area contributed by atoms with E-state index in [4.69, 9.17) is 0 Å². The van der Waals surface area contributed by atoms with Crippen molar-refractivity contribution in [2.24, 2.45) is 0 Å². The maximum atomic E-state index is 12.6. The second-order valence-electron chi connectivity index (χ2n) is 3.28. The van der Waals surface area contributed by atoms with E-state index in [9.17, 15) is 4.39 Å². The maximum absolute atomic E-state index is 12.6. The second kappa shape index (κ2) is 4.08. The van der Waals surface area contributed by atoms with Gasteiger partial charge in [0, 0.05) is 20.3 Å². The summed E-state index contributed by atoms with van der Waals surface area (Å²) in [6.07, 6.45) is 2.01. The predicted octanol–water partition coefficient (Wildman–Crippen LogP) is 2.75. The molecule has 0 aliphatic heterocycles. The molecular weight excluding hydrogens is 165 g/mol. The van der Waals surface area contributed by atoms with Crippen molar-refractivity contribution in [1.29, 1.82) is 0 Å². The molecule has 0 unspecified atom stereocenters. The number of halogens is 1. The molecule has 0 bridgehead atoms. The zero-order chi connectivity index (χ0) is 9.84. The maximum Gasteiger partial charge on any atom is 0.123 e. The number of rotatable bonds is 2. The highest BCUT2D eigenvalue weighted by molar-refractivity contribution is 5.63. The van der Waals surface area contributed by atoms with E-state index in [-0.39, 0.29) is 5.82 Å². The number of allylic oxidation sites excluding steroid dienone is 1. The standard InChI is InChI=1S/C11H14FN/c1-9(8-13(2)3)10-4-6-11(12)7-5-10/h4-8H,1-3H3. The van der Waals surface area contributed by atoms with Crippen molar-refractivity contribution < 1.29 is 4.39 Å². The lowest BCUT2D eigenvalue weighted by molar-refractivity contribution is 0.565. The van der Waals surface area contributed by atoms with Gasteiger partial charge >= 0.3 is 0 Å². The summed E-state index contributed by atoms with van der Waals surface area (Å²) in [4.78, 5) is 1.97. The molecule has 0 radical (unpaired) electrons. The van der Waals surface area contributed by atoms with Gasteiger partial charge in [0.15, 0.2) is 0 Å². The third-order valence-corrected chi connectivity index (χ3v) is 1.75. The Hall–Kier alpha value is -1.31. The van der Waals surface area contributed by atoms with Crippen molar-refractivity contribution in [1.82, 2.24) is 4.90 Å². The van der Waals surface area contributed by atoms with Gasteiger partial charge in [-0.05, 0) is 30.2 Å². The minimum atomic E-state index is -0.193. The summed E-state index contributed by atoms with van der Waals surface area (Å²) in [5, 5.41) is 0. The van der Waals surface area contributed by atoms with Crippen LogP contribution < -0.4 is 0 Å². The van der Waals surface area contributed by atoms with Gasteiger partial charge < -0.3 is 4.90 Å². The van der Waals surface area contributed by atoms with E-state index < -0.39 is 0 Å². The van der Waals surface area contributed by atoms with E-state index in [1.165, 1.54) is 12.1 Å². The molecule has 13 heavy (non-hydrogen) atoms. The summed E-state index contributed by atoms with van der Waals surface area (Å²) in [5.74, 6) is -0.193. The molecule has 1 rings (SSSR count). The van der Waals surface area contributed by atoms with E-state index in [0.717, 1.165) is 11.1 Å². The lowest BCUT2D eigenvalue weighted by Gasteiger charge is -2.08. The Kier molecular flexibility index (Phi) is 3.07. The average molecular weight is 179 g/mol. The third kappa shape index (κ3) is 2.90. The van der Waals surface area contributed by atoms with Crippen molar-refractivity contribution in [3.8, 4) is 0 Å². The average Bonchev–Trinajstić information content (AvgIpc) is 2.04. The summed E-state index contributed by atoms with van der Waals surface area (Å²) in [7, 11) is 3.93. The van der Waals surface area contributed by atoms with Gasteiger partial charge in [-0.25, -0.2) is 4.39 Å². The smallest absolute Gasteiger partial charge is 0.123 e. The van der Waals surface area contributed by atoms with Gasteiger partial charge in [-0.3, -0.25) is 0 Å². The van der Waals surface area contributed by atoms with Crippen LogP contribution in [0.4, 0.5) is 4.39 Å². The third-order valence-electron chi connectivity index (χ3n) is 1.75. The Morgan fingerprint density at radius 1 is 1.23 bits per heavy atom. The molecular formula is C11H14FN. The zero-order valence-corrected chi connectivity index (χ0v) is 8.21. The molecule has 0 atom stereocenters. The minimum Gasteiger partial charge on any atom is -0.383 e. The van der Waals surface area contributed by atoms with Crippen LogP contribution in [-0.4, -0.2) is 19.0 Å². The normalized spacial score (nSPS) is 11.5. The van der Waals surface area contributed by atoms with Crippen LogP contribution in [0.3, 0.4) is 0 Å². The fourth-order valence-electron chi connectivity index (χ4n) is 1.17. The minimum absolute atomic E-state index is 0.193. The molecule has 0 saturated carbocycles. The first-order valence-corrected chi connectivity index (χ1v) is 4.20. The highest BCUT2D eigenvalue weighted by Gasteiger charge is 1.95. The SMILES string of the molecule is CC(=CN(C)C)c1ccc(F)cc1. The van der Waals surface area contributed by atoms with Crippen molar-refractivity contribution in [3.05, 3.63) is 41.8 Å². The largest absolute Gasteiger partial charge is 0.383 e. The van der Waals surface area contributed by atoms with E-state index in [2.05, 4.69) is 0 Å². The van der Waals surface area contributed by atoms with E-state index in [1.54, 1.807) is 12.1 Å². The molecule has 0 amide bonds. The summed E-state index contributed by atoms with van der Waals surface area (Å²) >= 11 is 0. The van der Waals surface area contributed by atoms with Crippen LogP contribution in [0.1, 0.15) is 12.5 Å². The highest BCUT2D eigenvalue weighted by atomic mass is 19.1. The molecule has 0 aromatic heterocycles. The molecule has 0 aliphatic rings. The summed E-state index contributed by atoms with van der Waals surface area (Å²) in [6.45, 7) is 2.01. The van der Waals surface area contributed by atoms with Gasteiger partial charge in [0.05, 0.1) is 0 Å². The summed E-state index contributed by atoms with van der Waals surface area (Å²) in [5.41, 5.74) is 2.18. The second-order valence-corrected chi connectivity index (χ2v) is 3.28. The van der Waals surface area contributed by atoms with Crippen molar-refractivity contribution in [2.45, 2.75) is 6.92 Å². The Labute approximate surface area is 78.5 Å². The number of nitrogens with zero attached hydrogens (tertiary/aromatic N) is 1. The van der Waals surface area contributed by atoms with Crippen molar-refractivity contribution in [3.63, 3.8) is 0 Å². The van der Waals surface area contributed by atoms with Gasteiger partial charge in [0.2, 0.25) is 0 Å². The van der Waals surface area contributed by atoms with Gasteiger partial charge in [-0.15, -0.1) is 0 Å². The van der Waals surface area contributed by atoms with Crippen LogP contribution in [0.25, 0.3) is 5.57 Å². The van der Waals surface area contributed by atoms with E-state index in [1.807, 2.05) is 32.1 Å². The topological polar surface area (TPSA) is 3.24 Å². The quantitative estimate of drug-likeness (QED) is 0.674. The molecule has 1 aromatic carbocycles. The van der Waals surface area contributed by atoms with Crippen LogP contribution >= 0.6 is 0 Å². The highest BCUT2D eigenvalue weighted by Crippen LogP contribution is 2.13. The van der Waals surface area contributed by atoms with E-state index in [0.29, 0.717) is 0 Å². The molecule has 0 heterocycles. The number of benzene rings is 1. The molecule has 1 nitrogen and oxygen atoms in total. The fraction of sp³-hybridized carbons (Fsp3) is 0.273. The molecule has 0 aliphatic carbocycles. The molecule has 0 saturated heterocycles. The van der Waals surface area contributed by atoms with Crippen molar-refractivity contribution in [2.75, 3.05) is 14.1 Å². The lowest BCUT2D eigenvalue weighted by atomic mass is 10.1. The summed E-state index contributed by atoms with van der Waals surface area (Å²) < 4.78 is 12.6. The van der Waals surface area contributed by atoms with Crippen LogP contribution in [0.2, 0.25) is 0 Å². The number of hydrogen-bond acceptors (Lipinski definition) is 1. The molecule has 0 fully saturated rings. The Balaban J connectivity index is 2.89. The van der Waals surface area contributed by atoms with Crippen LogP contribution in [0, 0.1) is 5.82 Å². The fourth-order valence-corrected chi connectivity index (χ4v) is 1.17. The van der Waals surface area contributed by atoms with E-state index >= 15 is 0 Å². The lowest BCUT2D eigenvalue weighted by Crippen LogP contribution is -2.01. The Bertz CT molecular complexity index is 298. The van der Waals surface area contributed by atoms with Crippen LogP contribution in [0.5, 0.6) is 0 Å². The number of hydrogen-bond donors (Lipinski definition) is 0. The summed E-state index contributed by atoms with van der Waals surface area (Å²) in [6, 6.07) is 6.51. The van der Waals surface area contributed by atoms with Gasteiger partial charge in [0.25, 0.3) is 0 Å². The first-order chi connectivity index (χ1) is 6.09. The van der Waals surface area contributed by atoms with Crippen molar-refractivity contribution >= 4 is 5.57 Å². The first-order valence-electron chi connectivity index (χ1n) is 4.20. The van der Waals surface area contributed by atoms with Gasteiger partial charge in [-0.2, -0.15) is 0 Å². The molecule has 0 spiro atoms. The molecule has 1 aromatic rings. The first kappa shape index (κ1) is 9.78. The Morgan fingerprint density at radius 3 is 2.23 bits per heavy atom. The monoisotopic (exact) mass is 179 g/mol. The Morgan fingerprint density at radius 2 is 1.77 bits per heavy atom. The van der Waals surface area contributed by atoms with Gasteiger partial charge in [0.1, 0.15) is 5.82 Å². The molecule has 70 valence electrons.